The molecule has 1 aromatic heterocycles. The van der Waals surface area contributed by atoms with E-state index in [1.807, 2.05) is 12.4 Å². The highest BCUT2D eigenvalue weighted by Crippen LogP contribution is 2.22. The molecule has 2 N–H and O–H groups in total. The Morgan fingerprint density at radius 2 is 2.00 bits per heavy atom. The Morgan fingerprint density at radius 3 is 2.56 bits per heavy atom. The zero-order valence-electron chi connectivity index (χ0n) is 11.7. The molecule has 102 valence electrons. The van der Waals surface area contributed by atoms with Crippen LogP contribution in [0, 0.1) is 0 Å². The summed E-state index contributed by atoms with van der Waals surface area (Å²) < 4.78 is 0. The highest BCUT2D eigenvalue weighted by Gasteiger charge is 2.15. The smallest absolute Gasteiger partial charge is 0.0606 e. The first kappa shape index (κ1) is 14.8. The lowest BCUT2D eigenvalue weighted by molar-refractivity contribution is 0.296. The molecule has 0 saturated carbocycles. The predicted octanol–water partition coefficient (Wildman–Crippen LogP) is 2.50. The second-order valence-electron chi connectivity index (χ2n) is 4.35. The van der Waals surface area contributed by atoms with Crippen LogP contribution in [0.1, 0.15) is 33.6 Å². The van der Waals surface area contributed by atoms with E-state index in [0.717, 1.165) is 30.8 Å². The van der Waals surface area contributed by atoms with Crippen LogP contribution in [0.3, 0.4) is 0 Å². The van der Waals surface area contributed by atoms with Crippen LogP contribution in [0.2, 0.25) is 0 Å². The van der Waals surface area contributed by atoms with Gasteiger partial charge in [-0.15, -0.1) is 0 Å². The molecule has 0 atom stereocenters. The van der Waals surface area contributed by atoms with E-state index in [0.29, 0.717) is 12.6 Å². The van der Waals surface area contributed by atoms with Gasteiger partial charge in [-0.1, -0.05) is 13.8 Å². The van der Waals surface area contributed by atoms with Gasteiger partial charge in [-0.3, -0.25) is 4.98 Å². The Bertz CT molecular complexity index is 340. The molecule has 1 aromatic rings. The van der Waals surface area contributed by atoms with Gasteiger partial charge in [-0.05, 0) is 25.8 Å². The van der Waals surface area contributed by atoms with Crippen molar-refractivity contribution < 1.29 is 5.11 Å². The van der Waals surface area contributed by atoms with Gasteiger partial charge in [-0.25, -0.2) is 0 Å². The molecule has 0 amide bonds. The van der Waals surface area contributed by atoms with Gasteiger partial charge in [0.25, 0.3) is 0 Å². The number of hydrogen-bond acceptors (Lipinski definition) is 4. The summed E-state index contributed by atoms with van der Waals surface area (Å²) in [5.41, 5.74) is 2.11. The van der Waals surface area contributed by atoms with Gasteiger partial charge in [0.05, 0.1) is 30.4 Å². The molecule has 1 rings (SSSR count). The van der Waals surface area contributed by atoms with Gasteiger partial charge < -0.3 is 15.3 Å². The molecule has 0 saturated heterocycles. The van der Waals surface area contributed by atoms with Crippen molar-refractivity contribution in [3.05, 3.63) is 18.5 Å². The van der Waals surface area contributed by atoms with E-state index < -0.39 is 0 Å². The largest absolute Gasteiger partial charge is 0.395 e. The van der Waals surface area contributed by atoms with Crippen molar-refractivity contribution in [2.75, 3.05) is 29.9 Å². The van der Waals surface area contributed by atoms with E-state index in [2.05, 4.69) is 42.0 Å². The number of rotatable bonds is 8. The van der Waals surface area contributed by atoms with Gasteiger partial charge in [0, 0.05) is 19.1 Å². The lowest BCUT2D eigenvalue weighted by Gasteiger charge is -2.32. The molecule has 0 aliphatic carbocycles. The molecule has 0 spiro atoms. The monoisotopic (exact) mass is 251 g/mol. The summed E-state index contributed by atoms with van der Waals surface area (Å²) in [7, 11) is 0. The van der Waals surface area contributed by atoms with Crippen LogP contribution in [0.25, 0.3) is 0 Å². The Balaban J connectivity index is 2.93. The summed E-state index contributed by atoms with van der Waals surface area (Å²) in [4.78, 5) is 6.52. The Kier molecular flexibility index (Phi) is 6.50. The van der Waals surface area contributed by atoms with Gasteiger partial charge in [-0.2, -0.15) is 0 Å². The number of aliphatic hydroxyl groups excluding tert-OH is 1. The van der Waals surface area contributed by atoms with Gasteiger partial charge in [0.2, 0.25) is 0 Å². The van der Waals surface area contributed by atoms with Crippen molar-refractivity contribution in [3.63, 3.8) is 0 Å². The Morgan fingerprint density at radius 1 is 1.28 bits per heavy atom. The molecule has 4 heteroatoms. The van der Waals surface area contributed by atoms with Gasteiger partial charge >= 0.3 is 0 Å². The third-order valence-corrected chi connectivity index (χ3v) is 3.16. The predicted molar refractivity (Wildman–Crippen MR) is 77.2 cm³/mol. The lowest BCUT2D eigenvalue weighted by Crippen LogP contribution is -2.36. The highest BCUT2D eigenvalue weighted by atomic mass is 16.3. The van der Waals surface area contributed by atoms with Gasteiger partial charge in [0.1, 0.15) is 0 Å². The highest BCUT2D eigenvalue weighted by molar-refractivity contribution is 5.56. The first-order valence-electron chi connectivity index (χ1n) is 6.83. The average molecular weight is 251 g/mol. The second-order valence-corrected chi connectivity index (χ2v) is 4.35. The summed E-state index contributed by atoms with van der Waals surface area (Å²) in [6.45, 7) is 8.14. The normalized spacial score (nSPS) is 10.7. The van der Waals surface area contributed by atoms with Crippen LogP contribution >= 0.6 is 0 Å². The van der Waals surface area contributed by atoms with E-state index in [1.54, 1.807) is 0 Å². The number of nitrogens with one attached hydrogen (secondary N) is 1. The number of nitrogens with zero attached hydrogens (tertiary/aromatic N) is 2. The fourth-order valence-electron chi connectivity index (χ4n) is 2.25. The number of pyridine rings is 1. The molecule has 0 radical (unpaired) electrons. The standard InChI is InChI=1S/C14H25N3O/c1-4-13(5-2)17(7-8-18)14-9-12(16-6-3)10-15-11-14/h9-11,13,16,18H,4-8H2,1-3H3. The summed E-state index contributed by atoms with van der Waals surface area (Å²) in [6, 6.07) is 2.56. The molecule has 0 bridgehead atoms. The first-order chi connectivity index (χ1) is 8.76. The minimum atomic E-state index is 0.169. The van der Waals surface area contributed by atoms with Crippen LogP contribution in [0.15, 0.2) is 18.5 Å². The maximum Gasteiger partial charge on any atom is 0.0606 e. The maximum absolute atomic E-state index is 9.23. The van der Waals surface area contributed by atoms with E-state index in [1.165, 1.54) is 0 Å². The zero-order valence-corrected chi connectivity index (χ0v) is 11.7. The van der Waals surface area contributed by atoms with Crippen molar-refractivity contribution in [2.45, 2.75) is 39.7 Å². The van der Waals surface area contributed by atoms with E-state index in [9.17, 15) is 5.11 Å². The third-order valence-electron chi connectivity index (χ3n) is 3.16. The summed E-state index contributed by atoms with van der Waals surface area (Å²) in [5.74, 6) is 0. The SMILES string of the molecule is CCNc1cncc(N(CCO)C(CC)CC)c1. The molecule has 0 unspecified atom stereocenters. The fraction of sp³-hybridized carbons (Fsp3) is 0.643. The van der Waals surface area contributed by atoms with Crippen LogP contribution in [0.4, 0.5) is 11.4 Å². The van der Waals surface area contributed by atoms with E-state index in [4.69, 9.17) is 0 Å². The number of anilines is 2. The van der Waals surface area contributed by atoms with E-state index in [-0.39, 0.29) is 6.61 Å². The van der Waals surface area contributed by atoms with Gasteiger partial charge in [0.15, 0.2) is 0 Å². The van der Waals surface area contributed by atoms with Crippen molar-refractivity contribution in [2.24, 2.45) is 0 Å². The molecule has 0 aliphatic rings. The minimum absolute atomic E-state index is 0.169. The number of hydrogen-bond donors (Lipinski definition) is 2. The quantitative estimate of drug-likeness (QED) is 0.745. The van der Waals surface area contributed by atoms with Crippen molar-refractivity contribution in [1.82, 2.24) is 4.98 Å². The molecular weight excluding hydrogens is 226 g/mol. The Labute approximate surface area is 110 Å². The zero-order chi connectivity index (χ0) is 13.4. The van der Waals surface area contributed by atoms with Crippen LogP contribution in [-0.4, -0.2) is 35.8 Å². The third kappa shape index (κ3) is 3.88. The van der Waals surface area contributed by atoms with Crippen molar-refractivity contribution >= 4 is 11.4 Å². The second kappa shape index (κ2) is 7.93. The number of aliphatic hydroxyl groups is 1. The van der Waals surface area contributed by atoms with E-state index >= 15 is 0 Å². The van der Waals surface area contributed by atoms with Crippen molar-refractivity contribution in [1.29, 1.82) is 0 Å². The fourth-order valence-corrected chi connectivity index (χ4v) is 2.25. The molecular formula is C14H25N3O. The minimum Gasteiger partial charge on any atom is -0.395 e. The molecule has 18 heavy (non-hydrogen) atoms. The number of aromatic nitrogens is 1. The van der Waals surface area contributed by atoms with Crippen LogP contribution in [-0.2, 0) is 0 Å². The molecule has 0 fully saturated rings. The first-order valence-corrected chi connectivity index (χ1v) is 6.83. The van der Waals surface area contributed by atoms with Crippen LogP contribution < -0.4 is 10.2 Å². The maximum atomic E-state index is 9.23. The summed E-state index contributed by atoms with van der Waals surface area (Å²) >= 11 is 0. The molecule has 4 nitrogen and oxygen atoms in total. The summed E-state index contributed by atoms with van der Waals surface area (Å²) in [5, 5.41) is 12.5. The molecule has 0 aromatic carbocycles. The Hall–Kier alpha value is -1.29. The lowest BCUT2D eigenvalue weighted by atomic mass is 10.1. The summed E-state index contributed by atoms with van der Waals surface area (Å²) in [6.07, 6.45) is 5.84. The molecule has 0 aliphatic heterocycles. The molecule has 1 heterocycles. The van der Waals surface area contributed by atoms with Crippen molar-refractivity contribution in [3.8, 4) is 0 Å². The topological polar surface area (TPSA) is 48.4 Å². The van der Waals surface area contributed by atoms with Crippen LogP contribution in [0.5, 0.6) is 0 Å². The average Bonchev–Trinajstić information content (AvgIpc) is 2.40.